The molecule has 1 heterocycles. The second-order valence-corrected chi connectivity index (χ2v) is 6.66. The van der Waals surface area contributed by atoms with Gasteiger partial charge in [0.2, 0.25) is 0 Å². The maximum atomic E-state index is 12.1. The largest absolute Gasteiger partial charge is 0.462 e. The Hall–Kier alpha value is -2.47. The fourth-order valence-corrected chi connectivity index (χ4v) is 3.27. The molecule has 2 aromatic rings. The molecule has 0 spiro atoms. The molecular weight excluding hydrogens is 356 g/mol. The van der Waals surface area contributed by atoms with Crippen LogP contribution in [0.5, 0.6) is 0 Å². The van der Waals surface area contributed by atoms with Crippen molar-refractivity contribution < 1.29 is 14.5 Å². The van der Waals surface area contributed by atoms with Crippen LogP contribution in [0, 0.1) is 24.0 Å². The monoisotopic (exact) mass is 376 g/mol. The van der Waals surface area contributed by atoms with E-state index in [9.17, 15) is 14.9 Å². The standard InChI is InChI=1S/C19H21ClN2O4/c1-6-26-19(23)18-12(5)21-15(9-14(18)20)17-11(4)16(22(24)25)8-7-13(17)10(2)3/h7-10H,6H2,1-5H3. The SMILES string of the molecule is CCOC(=O)c1c(Cl)cc(-c2c(C(C)C)ccc([N+](=O)[O-])c2C)nc1C. The second kappa shape index (κ2) is 7.83. The summed E-state index contributed by atoms with van der Waals surface area (Å²) in [5.41, 5.74) is 3.29. The van der Waals surface area contributed by atoms with Gasteiger partial charge in [0.1, 0.15) is 0 Å². The lowest BCUT2D eigenvalue weighted by Crippen LogP contribution is -2.10. The first-order valence-electron chi connectivity index (χ1n) is 8.31. The third-order valence-corrected chi connectivity index (χ3v) is 4.47. The minimum atomic E-state index is -0.533. The van der Waals surface area contributed by atoms with Crippen LogP contribution in [0.1, 0.15) is 53.9 Å². The predicted octanol–water partition coefficient (Wildman–Crippen LogP) is 5.23. The van der Waals surface area contributed by atoms with Crippen LogP contribution in [-0.2, 0) is 4.74 Å². The number of nitro groups is 1. The summed E-state index contributed by atoms with van der Waals surface area (Å²) in [6, 6.07) is 4.82. The second-order valence-electron chi connectivity index (χ2n) is 6.26. The highest BCUT2D eigenvalue weighted by atomic mass is 35.5. The van der Waals surface area contributed by atoms with Gasteiger partial charge in [0.15, 0.2) is 0 Å². The van der Waals surface area contributed by atoms with E-state index < -0.39 is 10.9 Å². The minimum Gasteiger partial charge on any atom is -0.462 e. The number of carbonyl (C=O) groups excluding carboxylic acids is 1. The van der Waals surface area contributed by atoms with Gasteiger partial charge in [0.05, 0.1) is 33.5 Å². The molecule has 0 bridgehead atoms. The molecule has 0 unspecified atom stereocenters. The maximum Gasteiger partial charge on any atom is 0.341 e. The van der Waals surface area contributed by atoms with Crippen LogP contribution in [0.15, 0.2) is 18.2 Å². The maximum absolute atomic E-state index is 12.1. The molecule has 0 atom stereocenters. The highest BCUT2D eigenvalue weighted by molar-refractivity contribution is 6.34. The van der Waals surface area contributed by atoms with Gasteiger partial charge in [-0.1, -0.05) is 31.5 Å². The number of hydrogen-bond acceptors (Lipinski definition) is 5. The normalized spacial score (nSPS) is 10.9. The highest BCUT2D eigenvalue weighted by Gasteiger charge is 2.24. The predicted molar refractivity (Wildman–Crippen MR) is 101 cm³/mol. The number of aryl methyl sites for hydroxylation is 1. The number of pyridine rings is 1. The van der Waals surface area contributed by atoms with Crippen LogP contribution in [0.4, 0.5) is 5.69 Å². The number of benzene rings is 1. The summed E-state index contributed by atoms with van der Waals surface area (Å²) in [4.78, 5) is 27.5. The van der Waals surface area contributed by atoms with Gasteiger partial charge in [-0.3, -0.25) is 15.1 Å². The zero-order valence-electron chi connectivity index (χ0n) is 15.4. The van der Waals surface area contributed by atoms with Crippen molar-refractivity contribution in [1.82, 2.24) is 4.98 Å². The molecule has 1 aromatic heterocycles. The van der Waals surface area contributed by atoms with E-state index in [1.165, 1.54) is 6.07 Å². The van der Waals surface area contributed by atoms with Crippen LogP contribution in [0.3, 0.4) is 0 Å². The molecule has 138 valence electrons. The van der Waals surface area contributed by atoms with Crippen LogP contribution in [0.25, 0.3) is 11.3 Å². The number of nitro benzene ring substituents is 1. The molecule has 0 saturated heterocycles. The average Bonchev–Trinajstić information content (AvgIpc) is 2.53. The highest BCUT2D eigenvalue weighted by Crippen LogP contribution is 2.37. The number of ether oxygens (including phenoxy) is 1. The Balaban J connectivity index is 2.74. The Bertz CT molecular complexity index is 855. The van der Waals surface area contributed by atoms with Gasteiger partial charge in [-0.2, -0.15) is 0 Å². The van der Waals surface area contributed by atoms with E-state index in [1.807, 2.05) is 13.8 Å². The number of halogens is 1. The molecule has 6 nitrogen and oxygen atoms in total. The van der Waals surface area contributed by atoms with E-state index in [0.717, 1.165) is 5.56 Å². The van der Waals surface area contributed by atoms with E-state index >= 15 is 0 Å². The van der Waals surface area contributed by atoms with E-state index in [1.54, 1.807) is 32.9 Å². The van der Waals surface area contributed by atoms with Crippen molar-refractivity contribution in [3.8, 4) is 11.3 Å². The molecule has 0 amide bonds. The topological polar surface area (TPSA) is 82.3 Å². The lowest BCUT2D eigenvalue weighted by molar-refractivity contribution is -0.385. The molecule has 26 heavy (non-hydrogen) atoms. The Morgan fingerprint density at radius 3 is 2.50 bits per heavy atom. The van der Waals surface area contributed by atoms with Gasteiger partial charge in [0.25, 0.3) is 5.69 Å². The summed E-state index contributed by atoms with van der Waals surface area (Å²) in [5, 5.41) is 11.5. The molecule has 0 N–H and O–H groups in total. The van der Waals surface area contributed by atoms with Gasteiger partial charge in [0, 0.05) is 17.2 Å². The number of aromatic nitrogens is 1. The van der Waals surface area contributed by atoms with Gasteiger partial charge < -0.3 is 4.74 Å². The van der Waals surface area contributed by atoms with Crippen molar-refractivity contribution >= 4 is 23.3 Å². The Morgan fingerprint density at radius 1 is 1.35 bits per heavy atom. The van der Waals surface area contributed by atoms with Gasteiger partial charge in [-0.05, 0) is 38.3 Å². The molecule has 0 radical (unpaired) electrons. The van der Waals surface area contributed by atoms with E-state index in [2.05, 4.69) is 4.98 Å². The molecule has 0 aliphatic rings. The minimum absolute atomic E-state index is 0.0226. The van der Waals surface area contributed by atoms with Crippen molar-refractivity contribution in [2.24, 2.45) is 0 Å². The fourth-order valence-electron chi connectivity index (χ4n) is 2.95. The summed E-state index contributed by atoms with van der Waals surface area (Å²) in [7, 11) is 0. The third kappa shape index (κ3) is 3.70. The van der Waals surface area contributed by atoms with E-state index in [4.69, 9.17) is 16.3 Å². The molecule has 1 aromatic carbocycles. The third-order valence-electron chi connectivity index (χ3n) is 4.18. The fraction of sp³-hybridized carbons (Fsp3) is 0.368. The van der Waals surface area contributed by atoms with Crippen molar-refractivity contribution in [3.05, 3.63) is 55.7 Å². The van der Waals surface area contributed by atoms with Gasteiger partial charge >= 0.3 is 5.97 Å². The zero-order chi connectivity index (χ0) is 19.6. The first-order valence-corrected chi connectivity index (χ1v) is 8.69. The van der Waals surface area contributed by atoms with Crippen LogP contribution >= 0.6 is 11.6 Å². The number of esters is 1. The number of nitrogens with zero attached hydrogens (tertiary/aromatic N) is 2. The van der Waals surface area contributed by atoms with Gasteiger partial charge in [-0.25, -0.2) is 4.79 Å². The van der Waals surface area contributed by atoms with E-state index in [-0.39, 0.29) is 28.8 Å². The van der Waals surface area contributed by atoms with Crippen molar-refractivity contribution in [2.45, 2.75) is 40.5 Å². The average molecular weight is 377 g/mol. The van der Waals surface area contributed by atoms with Gasteiger partial charge in [-0.15, -0.1) is 0 Å². The number of rotatable bonds is 5. The molecule has 7 heteroatoms. The summed E-state index contributed by atoms with van der Waals surface area (Å²) in [5.74, 6) is -0.399. The van der Waals surface area contributed by atoms with Crippen LogP contribution in [-0.4, -0.2) is 22.5 Å². The molecule has 0 aliphatic heterocycles. The first-order chi connectivity index (χ1) is 12.2. The Morgan fingerprint density at radius 2 is 2.00 bits per heavy atom. The molecule has 0 saturated carbocycles. The van der Waals surface area contributed by atoms with Crippen LogP contribution in [0.2, 0.25) is 5.02 Å². The van der Waals surface area contributed by atoms with Crippen molar-refractivity contribution in [1.29, 1.82) is 0 Å². The smallest absolute Gasteiger partial charge is 0.341 e. The molecular formula is C19H21ClN2O4. The van der Waals surface area contributed by atoms with Crippen molar-refractivity contribution in [3.63, 3.8) is 0 Å². The summed E-state index contributed by atoms with van der Waals surface area (Å²) in [6.45, 7) is 9.33. The molecule has 0 fully saturated rings. The summed E-state index contributed by atoms with van der Waals surface area (Å²) >= 11 is 6.33. The summed E-state index contributed by atoms with van der Waals surface area (Å²) < 4.78 is 5.02. The first kappa shape index (κ1) is 19.8. The Labute approximate surface area is 157 Å². The molecule has 2 rings (SSSR count). The zero-order valence-corrected chi connectivity index (χ0v) is 16.2. The quantitative estimate of drug-likeness (QED) is 0.405. The van der Waals surface area contributed by atoms with Crippen molar-refractivity contribution in [2.75, 3.05) is 6.61 Å². The number of hydrogen-bond donors (Lipinski definition) is 0. The van der Waals surface area contributed by atoms with Crippen LogP contribution < -0.4 is 0 Å². The molecule has 0 aliphatic carbocycles. The lowest BCUT2D eigenvalue weighted by Gasteiger charge is -2.17. The Kier molecular flexibility index (Phi) is 5.97. The summed E-state index contributed by atoms with van der Waals surface area (Å²) in [6.07, 6.45) is 0. The lowest BCUT2D eigenvalue weighted by atomic mass is 9.90. The number of carbonyl (C=O) groups is 1. The van der Waals surface area contributed by atoms with E-state index in [0.29, 0.717) is 22.5 Å².